The first-order chi connectivity index (χ1) is 15.0. The molecule has 0 saturated carbocycles. The van der Waals surface area contributed by atoms with E-state index in [9.17, 15) is 4.79 Å². The first-order valence-corrected chi connectivity index (χ1v) is 10.9. The molecule has 0 bridgehead atoms. The maximum atomic E-state index is 12.3. The van der Waals surface area contributed by atoms with Crippen molar-refractivity contribution in [3.05, 3.63) is 70.4 Å². The molecule has 0 aliphatic carbocycles. The van der Waals surface area contributed by atoms with Crippen LogP contribution >= 0.6 is 11.3 Å². The molecular formula is C23H24N6OS. The minimum atomic E-state index is -0.111. The molecule has 3 heterocycles. The predicted molar refractivity (Wildman–Crippen MR) is 125 cm³/mol. The van der Waals surface area contributed by atoms with Crippen molar-refractivity contribution in [3.8, 4) is 11.3 Å². The monoisotopic (exact) mass is 432 g/mol. The Morgan fingerprint density at radius 2 is 1.97 bits per heavy atom. The maximum absolute atomic E-state index is 12.3. The van der Waals surface area contributed by atoms with Crippen molar-refractivity contribution in [3.63, 3.8) is 0 Å². The molecule has 3 aromatic heterocycles. The van der Waals surface area contributed by atoms with Gasteiger partial charge in [-0.2, -0.15) is 0 Å². The zero-order valence-electron chi connectivity index (χ0n) is 17.5. The van der Waals surface area contributed by atoms with Gasteiger partial charge in [0.15, 0.2) is 0 Å². The molecule has 4 N–H and O–H groups in total. The number of nitrogens with two attached hydrogens (primary N) is 1. The summed E-state index contributed by atoms with van der Waals surface area (Å²) < 4.78 is 0. The van der Waals surface area contributed by atoms with E-state index in [2.05, 4.69) is 43.8 Å². The summed E-state index contributed by atoms with van der Waals surface area (Å²) in [7, 11) is 0. The first-order valence-electron chi connectivity index (χ1n) is 10.1. The molecule has 158 valence electrons. The van der Waals surface area contributed by atoms with Crippen molar-refractivity contribution in [1.29, 1.82) is 0 Å². The van der Waals surface area contributed by atoms with Crippen molar-refractivity contribution in [2.75, 3.05) is 12.3 Å². The Labute approximate surface area is 184 Å². The van der Waals surface area contributed by atoms with E-state index in [-0.39, 0.29) is 11.9 Å². The molecule has 31 heavy (non-hydrogen) atoms. The normalized spacial score (nSPS) is 11.0. The van der Waals surface area contributed by atoms with E-state index >= 15 is 0 Å². The van der Waals surface area contributed by atoms with E-state index in [1.54, 1.807) is 6.20 Å². The van der Waals surface area contributed by atoms with Crippen molar-refractivity contribution in [2.24, 2.45) is 0 Å². The quantitative estimate of drug-likeness (QED) is 0.411. The van der Waals surface area contributed by atoms with E-state index in [4.69, 9.17) is 5.73 Å². The SMILES string of the molecule is CCNC(=O)c1cc2c(-c3cc(CNCc4cccnc4)ccc3C)nc(N)nc2s1. The first kappa shape index (κ1) is 20.9. The standard InChI is InChI=1S/C23H24N6OS/c1-3-27-21(30)19-10-18-20(28-23(24)29-22(18)31-19)17-9-15(7-6-14(17)2)11-26-13-16-5-4-8-25-12-16/h4-10,12,26H,3,11,13H2,1-2H3,(H,27,30)(H2,24,28,29). The van der Waals surface area contributed by atoms with Gasteiger partial charge in [0, 0.05) is 43.0 Å². The molecule has 0 radical (unpaired) electrons. The second kappa shape index (κ2) is 9.20. The third kappa shape index (κ3) is 4.70. The molecule has 1 amide bonds. The molecule has 7 nitrogen and oxygen atoms in total. The largest absolute Gasteiger partial charge is 0.368 e. The van der Waals surface area contributed by atoms with Crippen LogP contribution in [0.1, 0.15) is 33.3 Å². The number of amides is 1. The summed E-state index contributed by atoms with van der Waals surface area (Å²) in [4.78, 5) is 26.6. The van der Waals surface area contributed by atoms with Crippen LogP contribution in [0.5, 0.6) is 0 Å². The van der Waals surface area contributed by atoms with Crippen LogP contribution in [0.3, 0.4) is 0 Å². The van der Waals surface area contributed by atoms with Crippen LogP contribution in [0.15, 0.2) is 48.8 Å². The third-order valence-electron chi connectivity index (χ3n) is 4.91. The number of carbonyl (C=O) groups is 1. The molecule has 0 aliphatic heterocycles. The zero-order chi connectivity index (χ0) is 21.8. The Bertz CT molecular complexity index is 1220. The topological polar surface area (TPSA) is 106 Å². The number of aryl methyl sites for hydroxylation is 1. The molecule has 0 saturated heterocycles. The maximum Gasteiger partial charge on any atom is 0.261 e. The van der Waals surface area contributed by atoms with Crippen LogP contribution in [0, 0.1) is 6.92 Å². The molecule has 4 aromatic rings. The van der Waals surface area contributed by atoms with Crippen LogP contribution in [0.4, 0.5) is 5.95 Å². The Hall–Kier alpha value is -3.36. The summed E-state index contributed by atoms with van der Waals surface area (Å²) in [5, 5.41) is 7.12. The van der Waals surface area contributed by atoms with Gasteiger partial charge in [-0.1, -0.05) is 18.2 Å². The zero-order valence-corrected chi connectivity index (χ0v) is 18.3. The number of fused-ring (bicyclic) bond motifs is 1. The van der Waals surface area contributed by atoms with Crippen LogP contribution in [0.2, 0.25) is 0 Å². The van der Waals surface area contributed by atoms with Crippen molar-refractivity contribution in [1.82, 2.24) is 25.6 Å². The Morgan fingerprint density at radius 3 is 2.74 bits per heavy atom. The number of nitrogens with zero attached hydrogens (tertiary/aromatic N) is 3. The van der Waals surface area contributed by atoms with Gasteiger partial charge in [0.05, 0.1) is 10.6 Å². The number of nitrogen functional groups attached to an aromatic ring is 1. The number of hydrogen-bond acceptors (Lipinski definition) is 7. The van der Waals surface area contributed by atoms with Gasteiger partial charge in [0.2, 0.25) is 5.95 Å². The number of nitrogens with one attached hydrogen (secondary N) is 2. The molecule has 0 atom stereocenters. The van der Waals surface area contributed by atoms with E-state index in [0.717, 1.165) is 39.9 Å². The lowest BCUT2D eigenvalue weighted by Gasteiger charge is -2.11. The molecule has 0 spiro atoms. The fraction of sp³-hybridized carbons (Fsp3) is 0.217. The highest BCUT2D eigenvalue weighted by molar-refractivity contribution is 7.20. The number of carbonyl (C=O) groups excluding carboxylic acids is 1. The smallest absolute Gasteiger partial charge is 0.261 e. The number of benzene rings is 1. The van der Waals surface area contributed by atoms with Crippen molar-refractivity contribution in [2.45, 2.75) is 26.9 Å². The van der Waals surface area contributed by atoms with E-state index in [0.29, 0.717) is 22.8 Å². The highest BCUT2D eigenvalue weighted by Crippen LogP contribution is 2.34. The van der Waals surface area contributed by atoms with Gasteiger partial charge in [-0.3, -0.25) is 9.78 Å². The molecule has 0 fully saturated rings. The molecule has 4 rings (SSSR count). The van der Waals surface area contributed by atoms with Gasteiger partial charge in [-0.25, -0.2) is 9.97 Å². The Balaban J connectivity index is 1.65. The van der Waals surface area contributed by atoms with Crippen LogP contribution in [0.25, 0.3) is 21.5 Å². The molecule has 0 aliphatic rings. The lowest BCUT2D eigenvalue weighted by molar-refractivity contribution is 0.0960. The van der Waals surface area contributed by atoms with E-state index in [1.165, 1.54) is 11.3 Å². The van der Waals surface area contributed by atoms with Gasteiger partial charge in [-0.05, 0) is 48.7 Å². The highest BCUT2D eigenvalue weighted by atomic mass is 32.1. The lowest BCUT2D eigenvalue weighted by Crippen LogP contribution is -2.21. The fourth-order valence-electron chi connectivity index (χ4n) is 3.39. The van der Waals surface area contributed by atoms with Crippen LogP contribution in [-0.4, -0.2) is 27.4 Å². The Kier molecular flexibility index (Phi) is 6.20. The Morgan fingerprint density at radius 1 is 1.13 bits per heavy atom. The minimum absolute atomic E-state index is 0.111. The number of aromatic nitrogens is 3. The van der Waals surface area contributed by atoms with Crippen LogP contribution in [-0.2, 0) is 13.1 Å². The number of hydrogen-bond donors (Lipinski definition) is 3. The van der Waals surface area contributed by atoms with Crippen LogP contribution < -0.4 is 16.4 Å². The molecule has 0 unspecified atom stereocenters. The van der Waals surface area contributed by atoms with Gasteiger partial charge in [-0.15, -0.1) is 11.3 Å². The van der Waals surface area contributed by atoms with Crippen molar-refractivity contribution >= 4 is 33.4 Å². The highest BCUT2D eigenvalue weighted by Gasteiger charge is 2.17. The number of thiophene rings is 1. The summed E-state index contributed by atoms with van der Waals surface area (Å²) in [5.74, 6) is 0.0893. The molecule has 1 aromatic carbocycles. The summed E-state index contributed by atoms with van der Waals surface area (Å²) in [6.07, 6.45) is 3.63. The van der Waals surface area contributed by atoms with Gasteiger partial charge in [0.25, 0.3) is 5.91 Å². The number of anilines is 1. The summed E-state index contributed by atoms with van der Waals surface area (Å²) in [6.45, 7) is 5.96. The second-order valence-corrected chi connectivity index (χ2v) is 8.26. The fourth-order valence-corrected chi connectivity index (χ4v) is 4.35. The minimum Gasteiger partial charge on any atom is -0.368 e. The number of pyridine rings is 1. The predicted octanol–water partition coefficient (Wildman–Crippen LogP) is 3.68. The number of rotatable bonds is 7. The van der Waals surface area contributed by atoms with Crippen molar-refractivity contribution < 1.29 is 4.79 Å². The average Bonchev–Trinajstić information content (AvgIpc) is 3.19. The van der Waals surface area contributed by atoms with E-state index < -0.39 is 0 Å². The average molecular weight is 433 g/mol. The van der Waals surface area contributed by atoms with E-state index in [1.807, 2.05) is 38.2 Å². The summed E-state index contributed by atoms with van der Waals surface area (Å²) in [5.41, 5.74) is 11.1. The van der Waals surface area contributed by atoms with Gasteiger partial charge < -0.3 is 16.4 Å². The summed E-state index contributed by atoms with van der Waals surface area (Å²) >= 11 is 1.33. The molecule has 8 heteroatoms. The summed E-state index contributed by atoms with van der Waals surface area (Å²) in [6, 6.07) is 12.1. The van der Waals surface area contributed by atoms with Gasteiger partial charge >= 0.3 is 0 Å². The second-order valence-electron chi connectivity index (χ2n) is 7.23. The van der Waals surface area contributed by atoms with Gasteiger partial charge in [0.1, 0.15) is 4.83 Å². The molecular weight excluding hydrogens is 408 g/mol. The third-order valence-corrected chi connectivity index (χ3v) is 5.94. The lowest BCUT2D eigenvalue weighted by atomic mass is 10.00.